The second kappa shape index (κ2) is 7.57. The van der Waals surface area contributed by atoms with Gasteiger partial charge in [0.2, 0.25) is 5.88 Å². The monoisotopic (exact) mass is 463 g/mol. The smallest absolute Gasteiger partial charge is 0.283 e. The van der Waals surface area contributed by atoms with Gasteiger partial charge in [0.15, 0.2) is 5.54 Å². The summed E-state index contributed by atoms with van der Waals surface area (Å²) >= 11 is 6.14. The van der Waals surface area contributed by atoms with Crippen LogP contribution in [0.2, 0.25) is 5.02 Å². The van der Waals surface area contributed by atoms with E-state index in [1.54, 1.807) is 24.4 Å². The lowest BCUT2D eigenvalue weighted by Crippen LogP contribution is -2.31. The average Bonchev–Trinajstić information content (AvgIpc) is 3.23. The molecular formula is C25H19ClFN3O3. The number of halogens is 2. The van der Waals surface area contributed by atoms with E-state index < -0.39 is 5.54 Å². The molecule has 3 aliphatic heterocycles. The van der Waals surface area contributed by atoms with Gasteiger partial charge in [-0.3, -0.25) is 0 Å². The van der Waals surface area contributed by atoms with Gasteiger partial charge in [-0.25, -0.2) is 14.4 Å². The number of nitrogens with two attached hydrogens (primary N) is 1. The first kappa shape index (κ1) is 20.2. The maximum Gasteiger partial charge on any atom is 0.283 e. The van der Waals surface area contributed by atoms with Crippen molar-refractivity contribution in [2.75, 3.05) is 19.8 Å². The molecule has 8 heteroatoms. The summed E-state index contributed by atoms with van der Waals surface area (Å²) < 4.78 is 31.9. The number of nitrogens with zero attached hydrogens (tertiary/aromatic N) is 2. The van der Waals surface area contributed by atoms with Crippen molar-refractivity contribution in [3.63, 3.8) is 0 Å². The Bertz CT molecular complexity index is 1360. The summed E-state index contributed by atoms with van der Waals surface area (Å²) in [6.07, 6.45) is 4.65. The van der Waals surface area contributed by atoms with E-state index in [4.69, 9.17) is 36.5 Å². The van der Waals surface area contributed by atoms with Gasteiger partial charge in [0, 0.05) is 22.3 Å². The molecule has 0 saturated carbocycles. The molecule has 0 bridgehead atoms. The van der Waals surface area contributed by atoms with Gasteiger partial charge in [-0.15, -0.1) is 0 Å². The van der Waals surface area contributed by atoms with Crippen molar-refractivity contribution in [1.29, 1.82) is 0 Å². The number of benzene rings is 2. The zero-order valence-corrected chi connectivity index (χ0v) is 18.2. The molecule has 2 N–H and O–H groups in total. The van der Waals surface area contributed by atoms with E-state index in [0.717, 1.165) is 28.7 Å². The molecule has 6 nitrogen and oxygen atoms in total. The summed E-state index contributed by atoms with van der Waals surface area (Å²) in [5.41, 5.74) is 9.69. The Hall–Kier alpha value is -3.42. The summed E-state index contributed by atoms with van der Waals surface area (Å²) in [7, 11) is 0. The van der Waals surface area contributed by atoms with E-state index in [-0.39, 0.29) is 18.4 Å². The molecule has 1 unspecified atom stereocenters. The highest BCUT2D eigenvalue weighted by Crippen LogP contribution is 2.51. The van der Waals surface area contributed by atoms with Crippen LogP contribution < -0.4 is 10.5 Å². The third kappa shape index (κ3) is 3.27. The van der Waals surface area contributed by atoms with E-state index in [1.165, 1.54) is 12.1 Å². The van der Waals surface area contributed by atoms with Gasteiger partial charge in [0.05, 0.1) is 18.8 Å². The zero-order valence-electron chi connectivity index (χ0n) is 17.5. The van der Waals surface area contributed by atoms with Crippen LogP contribution in [0.4, 0.5) is 4.39 Å². The number of hydrogen-bond donors (Lipinski definition) is 1. The molecule has 0 amide bonds. The molecule has 4 heterocycles. The third-order valence-electron chi connectivity index (χ3n) is 6.23. The molecule has 1 spiro atoms. The van der Waals surface area contributed by atoms with Crippen molar-refractivity contribution >= 4 is 23.2 Å². The highest BCUT2D eigenvalue weighted by atomic mass is 35.5. The largest absolute Gasteiger partial charge is 0.462 e. The Morgan fingerprint density at radius 1 is 1.06 bits per heavy atom. The normalized spacial score (nSPS) is 20.9. The number of ether oxygens (including phenoxy) is 3. The van der Waals surface area contributed by atoms with E-state index >= 15 is 0 Å². The summed E-state index contributed by atoms with van der Waals surface area (Å²) in [5, 5.41) is 0.450. The maximum atomic E-state index is 14.6. The van der Waals surface area contributed by atoms with Crippen molar-refractivity contribution in [3.8, 4) is 22.8 Å². The highest BCUT2D eigenvalue weighted by Gasteiger charge is 2.48. The molecule has 3 aromatic rings. The standard InChI is InChI=1S/C25H19ClFN3O3/c26-17-2-3-21(27)18(11-17)15-1-4-22-19(9-15)25(13-32-24(28)30-25)20-10-16(12-29-23(20)33-22)14-5-7-31-8-6-14/h1-5,9-12H,6-8,13H2,(H2,28,30). The first-order valence-corrected chi connectivity index (χ1v) is 10.9. The van der Waals surface area contributed by atoms with Crippen LogP contribution in [0.25, 0.3) is 16.7 Å². The van der Waals surface area contributed by atoms with Crippen LogP contribution in [0.5, 0.6) is 11.6 Å². The number of aromatic nitrogens is 1. The van der Waals surface area contributed by atoms with Crippen LogP contribution in [0.1, 0.15) is 23.1 Å². The van der Waals surface area contributed by atoms with Crippen LogP contribution in [-0.4, -0.2) is 30.8 Å². The van der Waals surface area contributed by atoms with Gasteiger partial charge in [0.1, 0.15) is 18.2 Å². The number of aliphatic imine (C=N–C) groups is 1. The number of amidine groups is 1. The van der Waals surface area contributed by atoms with Gasteiger partial charge in [-0.1, -0.05) is 23.7 Å². The quantitative estimate of drug-likeness (QED) is 0.576. The summed E-state index contributed by atoms with van der Waals surface area (Å²) in [6.45, 7) is 1.42. The fourth-order valence-electron chi connectivity index (χ4n) is 4.58. The third-order valence-corrected chi connectivity index (χ3v) is 6.47. The Morgan fingerprint density at radius 2 is 1.94 bits per heavy atom. The molecule has 3 aliphatic rings. The lowest BCUT2D eigenvalue weighted by molar-refractivity contribution is 0.161. The van der Waals surface area contributed by atoms with Crippen molar-refractivity contribution in [2.24, 2.45) is 10.7 Å². The fraction of sp³-hybridized carbons (Fsp3) is 0.200. The Labute approximate surface area is 194 Å². The van der Waals surface area contributed by atoms with Crippen molar-refractivity contribution in [2.45, 2.75) is 12.0 Å². The van der Waals surface area contributed by atoms with E-state index in [9.17, 15) is 4.39 Å². The first-order chi connectivity index (χ1) is 16.0. The average molecular weight is 464 g/mol. The van der Waals surface area contributed by atoms with Crippen molar-refractivity contribution in [1.82, 2.24) is 4.98 Å². The molecule has 0 saturated heterocycles. The number of hydrogen-bond acceptors (Lipinski definition) is 6. The second-order valence-electron chi connectivity index (χ2n) is 8.17. The zero-order chi connectivity index (χ0) is 22.6. The number of rotatable bonds is 2. The van der Waals surface area contributed by atoms with Crippen LogP contribution in [0, 0.1) is 5.82 Å². The van der Waals surface area contributed by atoms with Crippen molar-refractivity contribution in [3.05, 3.63) is 82.3 Å². The Balaban J connectivity index is 1.54. The minimum atomic E-state index is -0.952. The second-order valence-corrected chi connectivity index (χ2v) is 8.60. The first-order valence-electron chi connectivity index (χ1n) is 10.6. The fourth-order valence-corrected chi connectivity index (χ4v) is 4.75. The Kier molecular flexibility index (Phi) is 4.64. The molecule has 0 fully saturated rings. The number of pyridine rings is 1. The molecule has 1 aromatic heterocycles. The van der Waals surface area contributed by atoms with Gasteiger partial charge in [-0.2, -0.15) is 0 Å². The molecule has 166 valence electrons. The summed E-state index contributed by atoms with van der Waals surface area (Å²) in [4.78, 5) is 9.31. The molecular weight excluding hydrogens is 445 g/mol. The van der Waals surface area contributed by atoms with Crippen molar-refractivity contribution < 1.29 is 18.6 Å². The molecule has 2 aromatic carbocycles. The van der Waals surface area contributed by atoms with E-state index in [0.29, 0.717) is 41.0 Å². The molecule has 0 radical (unpaired) electrons. The van der Waals surface area contributed by atoms with Crippen LogP contribution in [0.3, 0.4) is 0 Å². The maximum absolute atomic E-state index is 14.6. The van der Waals surface area contributed by atoms with Gasteiger partial charge in [0.25, 0.3) is 6.02 Å². The molecule has 33 heavy (non-hydrogen) atoms. The van der Waals surface area contributed by atoms with Gasteiger partial charge < -0.3 is 19.9 Å². The van der Waals surface area contributed by atoms with E-state index in [1.807, 2.05) is 12.1 Å². The van der Waals surface area contributed by atoms with Crippen LogP contribution in [0.15, 0.2) is 59.7 Å². The van der Waals surface area contributed by atoms with Gasteiger partial charge in [-0.05, 0) is 59.5 Å². The summed E-state index contributed by atoms with van der Waals surface area (Å²) in [6, 6.07) is 12.0. The minimum absolute atomic E-state index is 0.0869. The number of fused-ring (bicyclic) bond motifs is 4. The molecule has 0 aliphatic carbocycles. The molecule has 6 rings (SSSR count). The molecule has 1 atom stereocenters. The van der Waals surface area contributed by atoms with Gasteiger partial charge >= 0.3 is 0 Å². The highest BCUT2D eigenvalue weighted by molar-refractivity contribution is 6.30. The summed E-state index contributed by atoms with van der Waals surface area (Å²) in [5.74, 6) is 0.649. The lowest BCUT2D eigenvalue weighted by Gasteiger charge is -2.33. The predicted molar refractivity (Wildman–Crippen MR) is 123 cm³/mol. The van der Waals surface area contributed by atoms with Crippen LogP contribution >= 0.6 is 11.6 Å². The topological polar surface area (TPSA) is 79.0 Å². The van der Waals surface area contributed by atoms with E-state index in [2.05, 4.69) is 11.1 Å². The van der Waals surface area contributed by atoms with Crippen LogP contribution in [-0.2, 0) is 15.0 Å². The minimum Gasteiger partial charge on any atom is -0.462 e. The predicted octanol–water partition coefficient (Wildman–Crippen LogP) is 5.04. The SMILES string of the molecule is NC1=NC2(CO1)c1cc(-c3cc(Cl)ccc3F)ccc1Oc1ncc(C3=CCOCC3)cc12. The Morgan fingerprint density at radius 3 is 2.73 bits per heavy atom. The lowest BCUT2D eigenvalue weighted by atomic mass is 9.80.